The Labute approximate surface area is 184 Å². The van der Waals surface area contributed by atoms with Crippen molar-refractivity contribution < 1.29 is 0 Å². The zero-order valence-corrected chi connectivity index (χ0v) is 21.3. The monoisotopic (exact) mass is 430 g/mol. The predicted molar refractivity (Wildman–Crippen MR) is 133 cm³/mol. The van der Waals surface area contributed by atoms with Crippen LogP contribution in [0.2, 0.25) is 0 Å². The molecule has 1 aromatic carbocycles. The lowest BCUT2D eigenvalue weighted by molar-refractivity contribution is 0.584. The van der Waals surface area contributed by atoms with Crippen LogP contribution in [0.4, 0.5) is 0 Å². The average molecular weight is 431 g/mol. The first-order chi connectivity index (χ1) is 11.7. The summed E-state index contributed by atoms with van der Waals surface area (Å²) in [6, 6.07) is 4.71. The largest absolute Gasteiger partial charge is 0.168 e. The number of benzene rings is 1. The Morgan fingerprint density at radius 2 is 0.654 bits per heavy atom. The highest BCUT2D eigenvalue weighted by Crippen LogP contribution is 2.49. The van der Waals surface area contributed by atoms with Crippen LogP contribution < -0.4 is 0 Å². The summed E-state index contributed by atoms with van der Waals surface area (Å²) in [4.78, 5) is 0. The molecular formula is C22H38S4. The standard InChI is InChI=1S/C22H38S4/c1-9-19(5,23)15-13-17(21(7,25)11-3)18(22(8,26)12-4)14-16(15)20(6,24)10-2/h13-14,23-26H,9-12H2,1-8H3. The molecule has 4 unspecified atom stereocenters. The first-order valence-electron chi connectivity index (χ1n) is 9.79. The third kappa shape index (κ3) is 4.96. The van der Waals surface area contributed by atoms with Crippen molar-refractivity contribution in [3.05, 3.63) is 34.4 Å². The van der Waals surface area contributed by atoms with E-state index in [9.17, 15) is 0 Å². The van der Waals surface area contributed by atoms with Crippen molar-refractivity contribution in [2.24, 2.45) is 0 Å². The predicted octanol–water partition coefficient (Wildman–Crippen LogP) is 7.91. The fourth-order valence-corrected chi connectivity index (χ4v) is 3.88. The average Bonchev–Trinajstić information content (AvgIpc) is 2.60. The maximum absolute atomic E-state index is 5.04. The van der Waals surface area contributed by atoms with Crippen molar-refractivity contribution in [1.29, 1.82) is 0 Å². The molecule has 0 amide bonds. The molecule has 0 saturated carbocycles. The molecule has 150 valence electrons. The van der Waals surface area contributed by atoms with Crippen LogP contribution in [0.25, 0.3) is 0 Å². The minimum atomic E-state index is -0.210. The number of thiol groups is 4. The van der Waals surface area contributed by atoms with E-state index in [1.807, 2.05) is 0 Å². The van der Waals surface area contributed by atoms with Gasteiger partial charge in [-0.05, 0) is 75.6 Å². The van der Waals surface area contributed by atoms with E-state index in [0.29, 0.717) is 0 Å². The molecular weight excluding hydrogens is 393 g/mol. The molecule has 0 N–H and O–H groups in total. The van der Waals surface area contributed by atoms with Gasteiger partial charge >= 0.3 is 0 Å². The zero-order valence-electron chi connectivity index (χ0n) is 17.8. The van der Waals surface area contributed by atoms with Gasteiger partial charge in [0.15, 0.2) is 0 Å². The molecule has 0 bridgehead atoms. The lowest BCUT2D eigenvalue weighted by Crippen LogP contribution is -2.29. The summed E-state index contributed by atoms with van der Waals surface area (Å²) < 4.78 is -0.839. The molecule has 0 aliphatic rings. The molecule has 0 fully saturated rings. The van der Waals surface area contributed by atoms with E-state index < -0.39 is 0 Å². The van der Waals surface area contributed by atoms with Crippen molar-refractivity contribution in [2.45, 2.75) is 100 Å². The van der Waals surface area contributed by atoms with Crippen LogP contribution >= 0.6 is 50.5 Å². The SMILES string of the molecule is CCC(C)(S)c1cc(C(C)(S)CC)c(C(C)(S)CC)cc1C(C)(S)CC. The molecule has 0 saturated heterocycles. The minimum absolute atomic E-state index is 0.210. The van der Waals surface area contributed by atoms with Gasteiger partial charge in [-0.3, -0.25) is 0 Å². The quantitative estimate of drug-likeness (QED) is 0.296. The summed E-state index contributed by atoms with van der Waals surface area (Å²) >= 11 is 20.2. The molecule has 0 nitrogen and oxygen atoms in total. The summed E-state index contributed by atoms with van der Waals surface area (Å²) in [5, 5.41) is 0. The zero-order chi connectivity index (χ0) is 20.6. The van der Waals surface area contributed by atoms with Crippen LogP contribution in [0, 0.1) is 0 Å². The highest BCUT2D eigenvalue weighted by atomic mass is 32.1. The smallest absolute Gasteiger partial charge is 0.0350 e. The molecule has 0 aromatic heterocycles. The van der Waals surface area contributed by atoms with E-state index in [0.717, 1.165) is 25.7 Å². The van der Waals surface area contributed by atoms with E-state index >= 15 is 0 Å². The Balaban J connectivity index is 4.02. The first kappa shape index (κ1) is 24.7. The van der Waals surface area contributed by atoms with Crippen LogP contribution in [0.1, 0.15) is 103 Å². The lowest BCUT2D eigenvalue weighted by Gasteiger charge is -2.39. The molecule has 0 heterocycles. The second kappa shape index (κ2) is 8.55. The van der Waals surface area contributed by atoms with Gasteiger partial charge in [0.1, 0.15) is 0 Å². The van der Waals surface area contributed by atoms with Gasteiger partial charge in [0.2, 0.25) is 0 Å². The summed E-state index contributed by atoms with van der Waals surface area (Å²) in [5.74, 6) is 0. The van der Waals surface area contributed by atoms with Gasteiger partial charge in [0, 0.05) is 19.0 Å². The van der Waals surface area contributed by atoms with Crippen molar-refractivity contribution in [1.82, 2.24) is 0 Å². The molecule has 4 heteroatoms. The molecule has 0 spiro atoms. The van der Waals surface area contributed by atoms with E-state index in [-0.39, 0.29) is 19.0 Å². The molecule has 26 heavy (non-hydrogen) atoms. The van der Waals surface area contributed by atoms with Gasteiger partial charge in [-0.15, -0.1) is 0 Å². The maximum Gasteiger partial charge on any atom is 0.0350 e. The van der Waals surface area contributed by atoms with Gasteiger partial charge in [0.25, 0.3) is 0 Å². The second-order valence-electron chi connectivity index (χ2n) is 8.45. The Hall–Kier alpha value is 0.620. The first-order valence-corrected chi connectivity index (χ1v) is 11.6. The number of hydrogen-bond donors (Lipinski definition) is 4. The summed E-state index contributed by atoms with van der Waals surface area (Å²) in [7, 11) is 0. The van der Waals surface area contributed by atoms with E-state index in [4.69, 9.17) is 50.5 Å². The van der Waals surface area contributed by atoms with Crippen LogP contribution in [-0.2, 0) is 19.0 Å². The highest BCUT2D eigenvalue weighted by molar-refractivity contribution is 7.82. The molecule has 1 rings (SSSR count). The topological polar surface area (TPSA) is 0 Å². The van der Waals surface area contributed by atoms with Crippen LogP contribution in [0.3, 0.4) is 0 Å². The summed E-state index contributed by atoms with van der Waals surface area (Å²) in [6.45, 7) is 17.6. The van der Waals surface area contributed by atoms with Crippen LogP contribution in [0.5, 0.6) is 0 Å². The van der Waals surface area contributed by atoms with E-state index in [1.165, 1.54) is 22.3 Å². The molecule has 0 aliphatic carbocycles. The second-order valence-corrected chi connectivity index (χ2v) is 12.4. The molecule has 0 radical (unpaired) electrons. The van der Waals surface area contributed by atoms with Crippen LogP contribution in [-0.4, -0.2) is 0 Å². The molecule has 1 aromatic rings. The highest BCUT2D eigenvalue weighted by Gasteiger charge is 2.37. The Morgan fingerprint density at radius 1 is 0.500 bits per heavy atom. The Kier molecular flexibility index (Phi) is 8.11. The molecule has 0 aliphatic heterocycles. The summed E-state index contributed by atoms with van der Waals surface area (Å²) in [6.07, 6.45) is 3.82. The van der Waals surface area contributed by atoms with Crippen molar-refractivity contribution in [3.8, 4) is 0 Å². The van der Waals surface area contributed by atoms with Gasteiger partial charge in [-0.1, -0.05) is 39.8 Å². The number of rotatable bonds is 8. The fourth-order valence-electron chi connectivity index (χ4n) is 3.14. The van der Waals surface area contributed by atoms with Crippen molar-refractivity contribution >= 4 is 50.5 Å². The summed E-state index contributed by atoms with van der Waals surface area (Å²) in [5.41, 5.74) is 5.09. The van der Waals surface area contributed by atoms with Crippen molar-refractivity contribution in [3.63, 3.8) is 0 Å². The Morgan fingerprint density at radius 3 is 0.769 bits per heavy atom. The number of hydrogen-bond acceptors (Lipinski definition) is 4. The van der Waals surface area contributed by atoms with Gasteiger partial charge < -0.3 is 0 Å². The van der Waals surface area contributed by atoms with Gasteiger partial charge in [-0.2, -0.15) is 50.5 Å². The van der Waals surface area contributed by atoms with Crippen molar-refractivity contribution in [2.75, 3.05) is 0 Å². The van der Waals surface area contributed by atoms with E-state index in [1.54, 1.807) is 0 Å². The van der Waals surface area contributed by atoms with Gasteiger partial charge in [0.05, 0.1) is 0 Å². The fraction of sp³-hybridized carbons (Fsp3) is 0.727. The van der Waals surface area contributed by atoms with Crippen LogP contribution in [0.15, 0.2) is 12.1 Å². The van der Waals surface area contributed by atoms with Gasteiger partial charge in [-0.25, -0.2) is 0 Å². The normalized spacial score (nSPS) is 21.4. The molecule has 4 atom stereocenters. The lowest BCUT2D eigenvalue weighted by atomic mass is 9.77. The van der Waals surface area contributed by atoms with E-state index in [2.05, 4.69) is 67.5 Å². The minimum Gasteiger partial charge on any atom is -0.168 e. The maximum atomic E-state index is 5.04. The third-order valence-corrected chi connectivity index (χ3v) is 8.46. The Bertz CT molecular complexity index is 521. The third-order valence-electron chi connectivity index (χ3n) is 6.23.